The van der Waals surface area contributed by atoms with E-state index >= 15 is 0 Å². The Morgan fingerprint density at radius 2 is 2.25 bits per heavy atom. The van der Waals surface area contributed by atoms with Gasteiger partial charge in [-0.15, -0.1) is 5.10 Å². The van der Waals surface area contributed by atoms with Crippen LogP contribution in [0.3, 0.4) is 0 Å². The molecule has 90 valence electrons. The van der Waals surface area contributed by atoms with E-state index in [1.54, 1.807) is 4.68 Å². The van der Waals surface area contributed by atoms with Crippen molar-refractivity contribution in [2.45, 2.75) is 31.9 Å². The summed E-state index contributed by atoms with van der Waals surface area (Å²) in [4.78, 5) is 2.09. The predicted molar refractivity (Wildman–Crippen MR) is 58.6 cm³/mol. The van der Waals surface area contributed by atoms with Crippen molar-refractivity contribution in [1.29, 1.82) is 0 Å². The summed E-state index contributed by atoms with van der Waals surface area (Å²) in [5, 5.41) is 21.3. The molecule has 0 aromatic carbocycles. The van der Waals surface area contributed by atoms with E-state index in [0.717, 1.165) is 18.7 Å². The smallest absolute Gasteiger partial charge is 0.167 e. The first-order valence-corrected chi connectivity index (χ1v) is 5.70. The summed E-state index contributed by atoms with van der Waals surface area (Å²) in [6.45, 7) is 2.73. The fourth-order valence-electron chi connectivity index (χ4n) is 1.87. The minimum Gasteiger partial charge on any atom is -0.392 e. The highest BCUT2D eigenvalue weighted by Crippen LogP contribution is 2.33. The number of aliphatic hydroxyl groups is 1. The quantitative estimate of drug-likeness (QED) is 0.762. The second-order valence-electron chi connectivity index (χ2n) is 4.68. The van der Waals surface area contributed by atoms with Gasteiger partial charge in [0.15, 0.2) is 5.82 Å². The third kappa shape index (κ3) is 2.38. The van der Waals surface area contributed by atoms with Crippen LogP contribution in [0.2, 0.25) is 0 Å². The van der Waals surface area contributed by atoms with Crippen molar-refractivity contribution in [3.63, 3.8) is 0 Å². The Morgan fingerprint density at radius 1 is 1.56 bits per heavy atom. The summed E-state index contributed by atoms with van der Waals surface area (Å²) in [6, 6.07) is 0.119. The number of likely N-dealkylation sites (N-methyl/N-ethyl adjacent to an activating group) is 1. The highest BCUT2D eigenvalue weighted by atomic mass is 16.3. The maximum absolute atomic E-state index is 9.87. The van der Waals surface area contributed by atoms with Gasteiger partial charge < -0.3 is 5.11 Å². The lowest BCUT2D eigenvalue weighted by Gasteiger charge is -2.25. The largest absolute Gasteiger partial charge is 0.392 e. The molecule has 0 aliphatic heterocycles. The SMILES string of the molecule is C[C@@H](c1nnnn1C)N(C)C[C@H](O)C1CC1. The standard InChI is InChI=1S/C10H19N5O/c1-7(10-11-12-13-15(10)3)14(2)6-9(16)8-4-5-8/h7-9,16H,4-6H2,1-3H3/t7-,9-/m0/s1. The molecule has 2 rings (SSSR count). The van der Waals surface area contributed by atoms with Crippen LogP contribution in [0.5, 0.6) is 0 Å². The topological polar surface area (TPSA) is 67.1 Å². The average molecular weight is 225 g/mol. The number of rotatable bonds is 5. The molecule has 6 nitrogen and oxygen atoms in total. The highest BCUT2D eigenvalue weighted by molar-refractivity contribution is 4.91. The molecule has 1 aliphatic carbocycles. The molecule has 1 N–H and O–H groups in total. The normalized spacial score (nSPS) is 20.1. The van der Waals surface area contributed by atoms with Gasteiger partial charge in [0.25, 0.3) is 0 Å². The van der Waals surface area contributed by atoms with Gasteiger partial charge in [-0.05, 0) is 43.2 Å². The van der Waals surface area contributed by atoms with Gasteiger partial charge in [-0.2, -0.15) is 0 Å². The van der Waals surface area contributed by atoms with Gasteiger partial charge in [0.2, 0.25) is 0 Å². The molecule has 0 spiro atoms. The van der Waals surface area contributed by atoms with E-state index in [2.05, 4.69) is 20.4 Å². The van der Waals surface area contributed by atoms with Crippen LogP contribution in [0, 0.1) is 5.92 Å². The number of nitrogens with zero attached hydrogens (tertiary/aromatic N) is 5. The summed E-state index contributed by atoms with van der Waals surface area (Å²) in [5.74, 6) is 1.33. The van der Waals surface area contributed by atoms with E-state index < -0.39 is 0 Å². The fraction of sp³-hybridized carbons (Fsp3) is 0.900. The number of aromatic nitrogens is 4. The van der Waals surface area contributed by atoms with Crippen LogP contribution >= 0.6 is 0 Å². The minimum atomic E-state index is -0.214. The third-order valence-electron chi connectivity index (χ3n) is 3.33. The number of aryl methyl sites for hydroxylation is 1. The molecule has 0 bridgehead atoms. The van der Waals surface area contributed by atoms with Crippen LogP contribution in [0.1, 0.15) is 31.6 Å². The zero-order valence-electron chi connectivity index (χ0n) is 10.0. The van der Waals surface area contributed by atoms with Gasteiger partial charge >= 0.3 is 0 Å². The monoisotopic (exact) mass is 225 g/mol. The van der Waals surface area contributed by atoms with Gasteiger partial charge in [0.05, 0.1) is 12.1 Å². The number of tetrazole rings is 1. The van der Waals surface area contributed by atoms with Crippen LogP contribution in [-0.4, -0.2) is 49.9 Å². The van der Waals surface area contributed by atoms with Crippen molar-refractivity contribution >= 4 is 0 Å². The molecule has 2 atom stereocenters. The first-order chi connectivity index (χ1) is 7.59. The van der Waals surface area contributed by atoms with Gasteiger partial charge in [-0.3, -0.25) is 4.90 Å². The molecule has 1 aromatic rings. The van der Waals surface area contributed by atoms with Crippen LogP contribution in [0.15, 0.2) is 0 Å². The Labute approximate surface area is 95.2 Å². The zero-order valence-corrected chi connectivity index (χ0v) is 10.0. The predicted octanol–water partition coefficient (Wildman–Crippen LogP) is -0.0262. The summed E-state index contributed by atoms with van der Waals surface area (Å²) in [6.07, 6.45) is 2.11. The molecule has 0 unspecified atom stereocenters. The van der Waals surface area contributed by atoms with Gasteiger partial charge in [-0.25, -0.2) is 4.68 Å². The Hall–Kier alpha value is -1.01. The molecule has 1 heterocycles. The maximum atomic E-state index is 9.87. The first-order valence-electron chi connectivity index (χ1n) is 5.70. The van der Waals surface area contributed by atoms with E-state index in [-0.39, 0.29) is 12.1 Å². The molecule has 1 aromatic heterocycles. The Balaban J connectivity index is 1.93. The van der Waals surface area contributed by atoms with Gasteiger partial charge in [0.1, 0.15) is 0 Å². The Bertz CT molecular complexity index is 349. The lowest BCUT2D eigenvalue weighted by atomic mass is 10.2. The lowest BCUT2D eigenvalue weighted by Crippen LogP contribution is -2.33. The molecular formula is C10H19N5O. The molecule has 0 saturated heterocycles. The van der Waals surface area contributed by atoms with E-state index in [1.165, 1.54) is 0 Å². The van der Waals surface area contributed by atoms with Crippen molar-refractivity contribution in [1.82, 2.24) is 25.1 Å². The average Bonchev–Trinajstić information content (AvgIpc) is 3.01. The van der Waals surface area contributed by atoms with Crippen LogP contribution in [0.4, 0.5) is 0 Å². The van der Waals surface area contributed by atoms with Crippen molar-refractivity contribution in [3.05, 3.63) is 5.82 Å². The van der Waals surface area contributed by atoms with Crippen molar-refractivity contribution in [3.8, 4) is 0 Å². The maximum Gasteiger partial charge on any atom is 0.167 e. The number of aliphatic hydroxyl groups excluding tert-OH is 1. The lowest BCUT2D eigenvalue weighted by molar-refractivity contribution is 0.0885. The fourth-order valence-corrected chi connectivity index (χ4v) is 1.87. The molecule has 16 heavy (non-hydrogen) atoms. The van der Waals surface area contributed by atoms with E-state index in [4.69, 9.17) is 0 Å². The molecule has 1 saturated carbocycles. The molecule has 1 aliphatic rings. The van der Waals surface area contributed by atoms with E-state index in [0.29, 0.717) is 12.5 Å². The van der Waals surface area contributed by atoms with Crippen LogP contribution in [0.25, 0.3) is 0 Å². The number of hydrogen-bond donors (Lipinski definition) is 1. The van der Waals surface area contributed by atoms with Crippen LogP contribution in [-0.2, 0) is 7.05 Å². The second kappa shape index (κ2) is 4.47. The first kappa shape index (κ1) is 11.5. The summed E-state index contributed by atoms with van der Waals surface area (Å²) < 4.78 is 1.67. The van der Waals surface area contributed by atoms with E-state index in [1.807, 2.05) is 21.0 Å². The molecule has 1 fully saturated rings. The van der Waals surface area contributed by atoms with E-state index in [9.17, 15) is 5.11 Å². The second-order valence-corrected chi connectivity index (χ2v) is 4.68. The number of hydrogen-bond acceptors (Lipinski definition) is 5. The zero-order chi connectivity index (χ0) is 11.7. The summed E-state index contributed by atoms with van der Waals surface area (Å²) >= 11 is 0. The molecule has 0 radical (unpaired) electrons. The van der Waals surface area contributed by atoms with Crippen LogP contribution < -0.4 is 0 Å². The Morgan fingerprint density at radius 3 is 2.75 bits per heavy atom. The highest BCUT2D eigenvalue weighted by Gasteiger charge is 2.31. The van der Waals surface area contributed by atoms with Crippen molar-refractivity contribution in [2.24, 2.45) is 13.0 Å². The van der Waals surface area contributed by atoms with Gasteiger partial charge in [-0.1, -0.05) is 0 Å². The third-order valence-corrected chi connectivity index (χ3v) is 3.33. The van der Waals surface area contributed by atoms with Crippen molar-refractivity contribution in [2.75, 3.05) is 13.6 Å². The Kier molecular flexibility index (Phi) is 3.20. The van der Waals surface area contributed by atoms with Gasteiger partial charge in [0, 0.05) is 13.6 Å². The summed E-state index contributed by atoms with van der Waals surface area (Å²) in [7, 11) is 3.82. The minimum absolute atomic E-state index is 0.119. The molecular weight excluding hydrogens is 206 g/mol. The molecule has 0 amide bonds. The molecule has 6 heteroatoms. The summed E-state index contributed by atoms with van der Waals surface area (Å²) in [5.41, 5.74) is 0. The van der Waals surface area contributed by atoms with Crippen molar-refractivity contribution < 1.29 is 5.11 Å².